The molecule has 2 atom stereocenters. The van der Waals surface area contributed by atoms with E-state index in [9.17, 15) is 4.79 Å². The van der Waals surface area contributed by atoms with Gasteiger partial charge in [0, 0.05) is 4.47 Å². The number of esters is 1. The van der Waals surface area contributed by atoms with Crippen molar-refractivity contribution < 1.29 is 14.3 Å². The van der Waals surface area contributed by atoms with Gasteiger partial charge in [0.05, 0.1) is 13.5 Å². The van der Waals surface area contributed by atoms with Crippen LogP contribution in [0.2, 0.25) is 0 Å². The molecule has 4 rings (SSSR count). The Labute approximate surface area is 162 Å². The molecule has 0 amide bonds. The summed E-state index contributed by atoms with van der Waals surface area (Å²) in [4.78, 5) is 11.8. The molecule has 3 nitrogen and oxygen atoms in total. The number of methoxy groups -OCH3 is 1. The van der Waals surface area contributed by atoms with Gasteiger partial charge in [-0.1, -0.05) is 34.1 Å². The number of hydrogen-bond acceptors (Lipinski definition) is 3. The van der Waals surface area contributed by atoms with E-state index in [-0.39, 0.29) is 18.0 Å². The van der Waals surface area contributed by atoms with E-state index in [0.717, 1.165) is 23.1 Å². The van der Waals surface area contributed by atoms with Gasteiger partial charge in [0.1, 0.15) is 11.9 Å². The first kappa shape index (κ1) is 17.6. The molecule has 0 aromatic heterocycles. The fourth-order valence-electron chi connectivity index (χ4n) is 3.97. The van der Waals surface area contributed by atoms with E-state index in [2.05, 4.69) is 46.3 Å². The molecule has 2 aromatic rings. The number of halogens is 1. The highest BCUT2D eigenvalue weighted by Crippen LogP contribution is 2.45. The molecule has 1 saturated carbocycles. The highest BCUT2D eigenvalue weighted by molar-refractivity contribution is 9.10. The van der Waals surface area contributed by atoms with Crippen molar-refractivity contribution in [2.75, 3.05) is 7.11 Å². The van der Waals surface area contributed by atoms with Gasteiger partial charge in [0.25, 0.3) is 0 Å². The van der Waals surface area contributed by atoms with Gasteiger partial charge in [0.2, 0.25) is 0 Å². The minimum absolute atomic E-state index is 0.105. The summed E-state index contributed by atoms with van der Waals surface area (Å²) in [5, 5.41) is 0. The lowest BCUT2D eigenvalue weighted by atomic mass is 9.91. The number of ether oxygens (including phenoxy) is 2. The summed E-state index contributed by atoms with van der Waals surface area (Å²) in [5.74, 6) is 1.58. The molecule has 136 valence electrons. The molecule has 0 saturated heterocycles. The summed E-state index contributed by atoms with van der Waals surface area (Å²) in [6.07, 6.45) is 4.99. The number of carbonyl (C=O) groups is 1. The fraction of sp³-hybridized carbons (Fsp3) is 0.409. The monoisotopic (exact) mass is 414 g/mol. The zero-order valence-corrected chi connectivity index (χ0v) is 16.5. The van der Waals surface area contributed by atoms with Crippen molar-refractivity contribution in [3.63, 3.8) is 0 Å². The standard InChI is InChI=1S/C22H23BrO3/c1-25-22(24)13-20(14-5-6-14)15-3-2-4-18(12-15)26-21-10-7-16-11-17(23)8-9-19(16)21/h2-4,8-9,11-12,14,20-21H,5-7,10,13H2,1H3/t20-,21+/m0/s1. The van der Waals surface area contributed by atoms with Crippen LogP contribution in [0.3, 0.4) is 0 Å². The van der Waals surface area contributed by atoms with E-state index in [1.165, 1.54) is 36.6 Å². The lowest BCUT2D eigenvalue weighted by Gasteiger charge is -2.19. The van der Waals surface area contributed by atoms with Gasteiger partial charge < -0.3 is 9.47 Å². The second-order valence-corrected chi connectivity index (χ2v) is 8.20. The summed E-state index contributed by atoms with van der Waals surface area (Å²) >= 11 is 3.54. The fourth-order valence-corrected chi connectivity index (χ4v) is 4.38. The Balaban J connectivity index is 1.52. The zero-order valence-electron chi connectivity index (χ0n) is 14.9. The van der Waals surface area contributed by atoms with Gasteiger partial charge >= 0.3 is 5.97 Å². The highest BCUT2D eigenvalue weighted by atomic mass is 79.9. The molecular formula is C22H23BrO3. The third-order valence-electron chi connectivity index (χ3n) is 5.50. The maximum absolute atomic E-state index is 11.8. The van der Waals surface area contributed by atoms with Crippen LogP contribution >= 0.6 is 15.9 Å². The molecule has 0 heterocycles. The first-order valence-corrected chi connectivity index (χ1v) is 10.0. The van der Waals surface area contributed by atoms with Gasteiger partial charge in [-0.15, -0.1) is 0 Å². The molecular weight excluding hydrogens is 392 g/mol. The Bertz CT molecular complexity index is 813. The summed E-state index contributed by atoms with van der Waals surface area (Å²) in [5.41, 5.74) is 3.83. The lowest BCUT2D eigenvalue weighted by Crippen LogP contribution is -2.11. The Morgan fingerprint density at radius 3 is 2.81 bits per heavy atom. The van der Waals surface area contributed by atoms with Crippen LogP contribution in [0.25, 0.3) is 0 Å². The minimum Gasteiger partial charge on any atom is -0.486 e. The van der Waals surface area contributed by atoms with Gasteiger partial charge in [-0.2, -0.15) is 0 Å². The summed E-state index contributed by atoms with van der Waals surface area (Å²) in [6, 6.07) is 14.7. The second-order valence-electron chi connectivity index (χ2n) is 7.28. The second kappa shape index (κ2) is 7.43. The van der Waals surface area contributed by atoms with E-state index in [1.54, 1.807) is 0 Å². The van der Waals surface area contributed by atoms with Crippen molar-refractivity contribution in [2.24, 2.45) is 5.92 Å². The largest absolute Gasteiger partial charge is 0.486 e. The van der Waals surface area contributed by atoms with Crippen LogP contribution in [0.5, 0.6) is 5.75 Å². The van der Waals surface area contributed by atoms with E-state index < -0.39 is 0 Å². The molecule has 2 aliphatic carbocycles. The van der Waals surface area contributed by atoms with Crippen LogP contribution in [-0.4, -0.2) is 13.1 Å². The molecule has 1 fully saturated rings. The minimum atomic E-state index is -0.136. The number of carbonyl (C=O) groups excluding carboxylic acids is 1. The molecule has 0 bridgehead atoms. The van der Waals surface area contributed by atoms with E-state index in [1.807, 2.05) is 12.1 Å². The third-order valence-corrected chi connectivity index (χ3v) is 5.99. The van der Waals surface area contributed by atoms with Gasteiger partial charge in [-0.3, -0.25) is 4.79 Å². The number of rotatable bonds is 6. The van der Waals surface area contributed by atoms with Gasteiger partial charge in [-0.25, -0.2) is 0 Å². The molecule has 0 unspecified atom stereocenters. The number of benzene rings is 2. The zero-order chi connectivity index (χ0) is 18.1. The van der Waals surface area contributed by atoms with Crippen LogP contribution < -0.4 is 4.74 Å². The van der Waals surface area contributed by atoms with Crippen LogP contribution in [0, 0.1) is 5.92 Å². The van der Waals surface area contributed by atoms with E-state index in [4.69, 9.17) is 9.47 Å². The third kappa shape index (κ3) is 3.80. The van der Waals surface area contributed by atoms with Crippen LogP contribution in [0.4, 0.5) is 0 Å². The molecule has 0 aliphatic heterocycles. The smallest absolute Gasteiger partial charge is 0.306 e. The maximum Gasteiger partial charge on any atom is 0.306 e. The van der Waals surface area contributed by atoms with Crippen molar-refractivity contribution >= 4 is 21.9 Å². The summed E-state index contributed by atoms with van der Waals surface area (Å²) in [6.45, 7) is 0. The van der Waals surface area contributed by atoms with Crippen molar-refractivity contribution in [3.05, 3.63) is 63.6 Å². The van der Waals surface area contributed by atoms with Gasteiger partial charge in [0.15, 0.2) is 0 Å². The number of fused-ring (bicyclic) bond motifs is 1. The molecule has 2 aromatic carbocycles. The Kier molecular flexibility index (Phi) is 5.03. The molecule has 0 radical (unpaired) electrons. The molecule has 4 heteroatoms. The average Bonchev–Trinajstić information content (AvgIpc) is 3.42. The van der Waals surface area contributed by atoms with Crippen molar-refractivity contribution in [1.29, 1.82) is 0 Å². The predicted octanol–water partition coefficient (Wildman–Crippen LogP) is 5.57. The normalized spacial score (nSPS) is 19.7. The molecule has 2 aliphatic rings. The summed E-state index contributed by atoms with van der Waals surface area (Å²) < 4.78 is 12.3. The first-order valence-electron chi connectivity index (χ1n) is 9.26. The van der Waals surface area contributed by atoms with Crippen LogP contribution in [-0.2, 0) is 16.0 Å². The highest BCUT2D eigenvalue weighted by Gasteiger charge is 2.34. The number of hydrogen-bond donors (Lipinski definition) is 0. The maximum atomic E-state index is 11.8. The lowest BCUT2D eigenvalue weighted by molar-refractivity contribution is -0.141. The van der Waals surface area contributed by atoms with Crippen molar-refractivity contribution in [1.82, 2.24) is 0 Å². The predicted molar refractivity (Wildman–Crippen MR) is 104 cm³/mol. The Hall–Kier alpha value is -1.81. The summed E-state index contributed by atoms with van der Waals surface area (Å²) in [7, 11) is 1.46. The quantitative estimate of drug-likeness (QED) is 0.579. The molecule has 0 spiro atoms. The van der Waals surface area contributed by atoms with Crippen molar-refractivity contribution in [3.8, 4) is 5.75 Å². The Morgan fingerprint density at radius 2 is 2.04 bits per heavy atom. The SMILES string of the molecule is COC(=O)C[C@H](c1cccc(O[C@@H]2CCc3cc(Br)ccc32)c1)C1CC1. The number of aryl methyl sites for hydroxylation is 1. The van der Waals surface area contributed by atoms with Gasteiger partial charge in [-0.05, 0) is 78.5 Å². The Morgan fingerprint density at radius 1 is 1.19 bits per heavy atom. The van der Waals surface area contributed by atoms with E-state index >= 15 is 0 Å². The van der Waals surface area contributed by atoms with Crippen molar-refractivity contribution in [2.45, 2.75) is 44.1 Å². The molecule has 26 heavy (non-hydrogen) atoms. The van der Waals surface area contributed by atoms with Crippen LogP contribution in [0.1, 0.15) is 54.4 Å². The van der Waals surface area contributed by atoms with E-state index in [0.29, 0.717) is 12.3 Å². The van der Waals surface area contributed by atoms with Crippen LogP contribution in [0.15, 0.2) is 46.9 Å². The average molecular weight is 415 g/mol. The molecule has 0 N–H and O–H groups in total. The topological polar surface area (TPSA) is 35.5 Å². The first-order chi connectivity index (χ1) is 12.6.